The van der Waals surface area contributed by atoms with E-state index in [0.717, 1.165) is 31.2 Å². The van der Waals surface area contributed by atoms with Crippen molar-refractivity contribution < 1.29 is 14.4 Å². The Balaban J connectivity index is 2.24. The Morgan fingerprint density at radius 1 is 1.40 bits per heavy atom. The van der Waals surface area contributed by atoms with E-state index in [1.54, 1.807) is 6.07 Å². The fraction of sp³-hybridized carbons (Fsp3) is 0.571. The second-order valence-corrected chi connectivity index (χ2v) is 5.37. The molecule has 0 aromatic carbocycles. The van der Waals surface area contributed by atoms with Crippen LogP contribution in [0.15, 0.2) is 21.9 Å². The van der Waals surface area contributed by atoms with Crippen LogP contribution >= 0.6 is 0 Å². The molecule has 0 saturated heterocycles. The molecular formula is C14H21N3O3. The molecule has 110 valence electrons. The van der Waals surface area contributed by atoms with Gasteiger partial charge in [0.15, 0.2) is 11.6 Å². The van der Waals surface area contributed by atoms with Crippen LogP contribution < -0.4 is 11.1 Å². The fourth-order valence-corrected chi connectivity index (χ4v) is 2.75. The topological polar surface area (TPSA) is 101 Å². The van der Waals surface area contributed by atoms with E-state index in [1.165, 1.54) is 6.26 Å². The molecule has 20 heavy (non-hydrogen) atoms. The number of rotatable bonds is 3. The first kappa shape index (κ1) is 14.4. The zero-order chi connectivity index (χ0) is 14.6. The Bertz CT molecular complexity index is 500. The number of amides is 1. The lowest BCUT2D eigenvalue weighted by molar-refractivity contribution is 0.0886. The maximum absolute atomic E-state index is 12.3. The van der Waals surface area contributed by atoms with Gasteiger partial charge in [-0.25, -0.2) is 0 Å². The van der Waals surface area contributed by atoms with Crippen molar-refractivity contribution >= 4 is 11.7 Å². The summed E-state index contributed by atoms with van der Waals surface area (Å²) in [6.45, 7) is 1.81. The Hall–Kier alpha value is -1.98. The molecule has 0 radical (unpaired) electrons. The summed E-state index contributed by atoms with van der Waals surface area (Å²) in [5.41, 5.74) is 5.84. The molecular weight excluding hydrogens is 258 g/mol. The maximum Gasteiger partial charge on any atom is 0.288 e. The molecule has 0 unspecified atom stereocenters. The van der Waals surface area contributed by atoms with Crippen LogP contribution in [0.3, 0.4) is 0 Å². The summed E-state index contributed by atoms with van der Waals surface area (Å²) in [6.07, 6.45) is 6.89. The zero-order valence-electron chi connectivity index (χ0n) is 11.7. The van der Waals surface area contributed by atoms with E-state index in [1.807, 2.05) is 6.92 Å². The number of nitrogens with two attached hydrogens (primary N) is 1. The van der Waals surface area contributed by atoms with E-state index in [9.17, 15) is 4.79 Å². The van der Waals surface area contributed by atoms with Crippen molar-refractivity contribution in [2.75, 3.05) is 0 Å². The number of carbonyl (C=O) groups is 1. The highest BCUT2D eigenvalue weighted by atomic mass is 16.4. The van der Waals surface area contributed by atoms with Gasteiger partial charge < -0.3 is 20.7 Å². The second-order valence-electron chi connectivity index (χ2n) is 5.37. The van der Waals surface area contributed by atoms with Crippen LogP contribution in [0.2, 0.25) is 0 Å². The van der Waals surface area contributed by atoms with Crippen LogP contribution in [0.5, 0.6) is 0 Å². The smallest absolute Gasteiger partial charge is 0.288 e. The number of nitrogens with one attached hydrogen (secondary N) is 1. The van der Waals surface area contributed by atoms with Gasteiger partial charge in [-0.3, -0.25) is 4.79 Å². The summed E-state index contributed by atoms with van der Waals surface area (Å²) >= 11 is 0. The van der Waals surface area contributed by atoms with Crippen molar-refractivity contribution in [3.05, 3.63) is 23.7 Å². The van der Waals surface area contributed by atoms with Gasteiger partial charge in [0.2, 0.25) is 0 Å². The predicted octanol–water partition coefficient (Wildman–Crippen LogP) is 2.16. The minimum Gasteiger partial charge on any atom is -0.459 e. The highest BCUT2D eigenvalue weighted by Crippen LogP contribution is 2.28. The Labute approximate surface area is 118 Å². The van der Waals surface area contributed by atoms with Crippen LogP contribution in [0.4, 0.5) is 0 Å². The molecule has 6 nitrogen and oxygen atoms in total. The summed E-state index contributed by atoms with van der Waals surface area (Å²) in [5.74, 6) is 0.0253. The first-order chi connectivity index (χ1) is 9.59. The number of oxime groups is 1. The van der Waals surface area contributed by atoms with E-state index in [0.29, 0.717) is 12.8 Å². The third kappa shape index (κ3) is 2.79. The zero-order valence-corrected chi connectivity index (χ0v) is 11.7. The standard InChI is InChI=1S/C14H21N3O3/c1-10-6-9-20-11(10)12(18)16-14(13(15)17-19)7-4-2-3-5-8-14/h6,9,19H,2-5,7-8H2,1H3,(H2,15,17)(H,16,18). The van der Waals surface area contributed by atoms with Gasteiger partial charge in [0.1, 0.15) is 5.54 Å². The summed E-state index contributed by atoms with van der Waals surface area (Å²) in [5, 5.41) is 15.1. The quantitative estimate of drug-likeness (QED) is 0.259. The number of hydrogen-bond acceptors (Lipinski definition) is 4. The van der Waals surface area contributed by atoms with E-state index >= 15 is 0 Å². The van der Waals surface area contributed by atoms with Crippen LogP contribution in [-0.2, 0) is 0 Å². The number of furan rings is 1. The highest BCUT2D eigenvalue weighted by molar-refractivity contribution is 5.99. The van der Waals surface area contributed by atoms with Gasteiger partial charge >= 0.3 is 0 Å². The molecule has 4 N–H and O–H groups in total. The first-order valence-corrected chi connectivity index (χ1v) is 6.94. The molecule has 1 fully saturated rings. The van der Waals surface area contributed by atoms with Crippen LogP contribution in [0.1, 0.15) is 54.6 Å². The van der Waals surface area contributed by atoms with E-state index in [2.05, 4.69) is 10.5 Å². The largest absolute Gasteiger partial charge is 0.459 e. The number of hydrogen-bond donors (Lipinski definition) is 3. The molecule has 1 aromatic heterocycles. The maximum atomic E-state index is 12.3. The third-order valence-electron chi connectivity index (χ3n) is 3.98. The van der Waals surface area contributed by atoms with Gasteiger partial charge in [-0.05, 0) is 25.8 Å². The summed E-state index contributed by atoms with van der Waals surface area (Å²) in [6, 6.07) is 1.73. The van der Waals surface area contributed by atoms with Gasteiger partial charge in [0.05, 0.1) is 6.26 Å². The van der Waals surface area contributed by atoms with Crippen molar-refractivity contribution in [2.24, 2.45) is 10.9 Å². The molecule has 1 heterocycles. The fourth-order valence-electron chi connectivity index (χ4n) is 2.75. The second kappa shape index (κ2) is 5.98. The average molecular weight is 279 g/mol. The molecule has 2 rings (SSSR count). The molecule has 6 heteroatoms. The van der Waals surface area contributed by atoms with Crippen molar-refractivity contribution in [2.45, 2.75) is 51.0 Å². The Kier molecular flexibility index (Phi) is 4.32. The molecule has 1 aliphatic rings. The number of nitrogens with zero attached hydrogens (tertiary/aromatic N) is 1. The first-order valence-electron chi connectivity index (χ1n) is 6.94. The Morgan fingerprint density at radius 2 is 2.05 bits per heavy atom. The summed E-state index contributed by atoms with van der Waals surface area (Å²) in [4.78, 5) is 12.3. The van der Waals surface area contributed by atoms with Crippen LogP contribution in [-0.4, -0.2) is 22.5 Å². The molecule has 0 spiro atoms. The summed E-state index contributed by atoms with van der Waals surface area (Å²) in [7, 11) is 0. The molecule has 0 aliphatic heterocycles. The molecule has 0 atom stereocenters. The van der Waals surface area contributed by atoms with Gasteiger partial charge in [-0.2, -0.15) is 0 Å². The van der Waals surface area contributed by atoms with E-state index in [4.69, 9.17) is 15.4 Å². The average Bonchev–Trinajstić information content (AvgIpc) is 2.73. The van der Waals surface area contributed by atoms with Crippen molar-refractivity contribution in [1.82, 2.24) is 5.32 Å². The van der Waals surface area contributed by atoms with Crippen molar-refractivity contribution in [3.63, 3.8) is 0 Å². The van der Waals surface area contributed by atoms with Gasteiger partial charge in [-0.15, -0.1) is 0 Å². The van der Waals surface area contributed by atoms with Crippen molar-refractivity contribution in [1.29, 1.82) is 0 Å². The van der Waals surface area contributed by atoms with E-state index in [-0.39, 0.29) is 17.5 Å². The molecule has 0 bridgehead atoms. The normalized spacial score (nSPS) is 19.4. The molecule has 1 saturated carbocycles. The molecule has 1 aliphatic carbocycles. The Morgan fingerprint density at radius 3 is 2.55 bits per heavy atom. The number of carbonyl (C=O) groups excluding carboxylic acids is 1. The lowest BCUT2D eigenvalue weighted by Gasteiger charge is -2.32. The number of amidine groups is 1. The minimum atomic E-state index is -0.776. The van der Waals surface area contributed by atoms with Crippen LogP contribution in [0.25, 0.3) is 0 Å². The molecule has 1 aromatic rings. The highest BCUT2D eigenvalue weighted by Gasteiger charge is 2.38. The lowest BCUT2D eigenvalue weighted by Crippen LogP contribution is -2.57. The van der Waals surface area contributed by atoms with Crippen LogP contribution in [0, 0.1) is 6.92 Å². The van der Waals surface area contributed by atoms with Gasteiger partial charge in [0, 0.05) is 5.56 Å². The SMILES string of the molecule is Cc1ccoc1C(=O)NC1(/C(N)=N/O)CCCCCC1. The minimum absolute atomic E-state index is 0.0666. The number of aryl methyl sites for hydroxylation is 1. The van der Waals surface area contributed by atoms with Gasteiger partial charge in [-0.1, -0.05) is 30.8 Å². The van der Waals surface area contributed by atoms with Crippen molar-refractivity contribution in [3.8, 4) is 0 Å². The van der Waals surface area contributed by atoms with E-state index < -0.39 is 5.54 Å². The lowest BCUT2D eigenvalue weighted by atomic mass is 9.88. The molecule has 1 amide bonds. The van der Waals surface area contributed by atoms with Gasteiger partial charge in [0.25, 0.3) is 5.91 Å². The summed E-state index contributed by atoms with van der Waals surface area (Å²) < 4.78 is 5.20. The predicted molar refractivity (Wildman–Crippen MR) is 74.8 cm³/mol. The third-order valence-corrected chi connectivity index (χ3v) is 3.98. The monoisotopic (exact) mass is 279 g/mol.